The van der Waals surface area contributed by atoms with Gasteiger partial charge in [0.05, 0.1) is 9.82 Å². The van der Waals surface area contributed by atoms with Gasteiger partial charge in [0.25, 0.3) is 0 Å². The zero-order chi connectivity index (χ0) is 22.6. The third kappa shape index (κ3) is 4.92. The number of nitrogens with zero attached hydrogens (tertiary/aromatic N) is 3. The molecule has 0 saturated carbocycles. The smallest absolute Gasteiger partial charge is 0.312 e. The summed E-state index contributed by atoms with van der Waals surface area (Å²) in [5, 5.41) is 11.5. The topological polar surface area (TPSA) is 116 Å². The Hall–Kier alpha value is -3.24. The van der Waals surface area contributed by atoms with Crippen LogP contribution in [0.25, 0.3) is 11.5 Å². The molecule has 0 N–H and O–H groups in total. The molecule has 2 aromatic carbocycles. The number of oxazole rings is 1. The van der Waals surface area contributed by atoms with Crippen LogP contribution in [0.5, 0.6) is 5.75 Å². The number of benzene rings is 2. The van der Waals surface area contributed by atoms with Crippen LogP contribution in [-0.4, -0.2) is 35.7 Å². The highest BCUT2D eigenvalue weighted by Crippen LogP contribution is 2.31. The van der Waals surface area contributed by atoms with E-state index >= 15 is 0 Å². The molecule has 0 bridgehead atoms. The second-order valence-electron chi connectivity index (χ2n) is 6.77. The van der Waals surface area contributed by atoms with E-state index in [1.54, 1.807) is 13.8 Å². The zero-order valence-corrected chi connectivity index (χ0v) is 18.3. The van der Waals surface area contributed by atoms with Crippen molar-refractivity contribution in [3.8, 4) is 17.2 Å². The van der Waals surface area contributed by atoms with Crippen LogP contribution in [0.1, 0.15) is 25.1 Å². The molecule has 0 saturated heterocycles. The summed E-state index contributed by atoms with van der Waals surface area (Å²) in [5.41, 5.74) is 1.92. The van der Waals surface area contributed by atoms with Gasteiger partial charge in [-0.1, -0.05) is 31.5 Å². The Morgan fingerprint density at radius 1 is 1.13 bits per heavy atom. The van der Waals surface area contributed by atoms with Crippen molar-refractivity contribution in [3.05, 3.63) is 70.1 Å². The normalized spacial score (nSPS) is 11.6. The van der Waals surface area contributed by atoms with E-state index in [0.717, 1.165) is 17.2 Å². The Balaban J connectivity index is 1.81. The molecule has 3 rings (SSSR count). The fraction of sp³-hybridized carbons (Fsp3) is 0.286. The number of ether oxygens (including phenoxy) is 1. The van der Waals surface area contributed by atoms with E-state index in [2.05, 4.69) is 4.98 Å². The van der Waals surface area contributed by atoms with Gasteiger partial charge < -0.3 is 9.15 Å². The van der Waals surface area contributed by atoms with E-state index in [4.69, 9.17) is 9.15 Å². The van der Waals surface area contributed by atoms with Gasteiger partial charge in [-0.3, -0.25) is 10.1 Å². The summed E-state index contributed by atoms with van der Waals surface area (Å²) in [5.74, 6) is 0.358. The molecular formula is C21H23N3O6S. The van der Waals surface area contributed by atoms with Gasteiger partial charge in [0.2, 0.25) is 15.9 Å². The fourth-order valence-electron chi connectivity index (χ4n) is 2.99. The van der Waals surface area contributed by atoms with Crippen LogP contribution in [0.15, 0.2) is 58.0 Å². The van der Waals surface area contributed by atoms with Gasteiger partial charge in [0.15, 0.2) is 5.75 Å². The van der Waals surface area contributed by atoms with Gasteiger partial charge in [-0.25, -0.2) is 13.4 Å². The van der Waals surface area contributed by atoms with Crippen molar-refractivity contribution in [2.75, 3.05) is 13.1 Å². The van der Waals surface area contributed by atoms with Crippen LogP contribution < -0.4 is 4.74 Å². The molecule has 31 heavy (non-hydrogen) atoms. The molecule has 164 valence electrons. The van der Waals surface area contributed by atoms with Crippen molar-refractivity contribution < 1.29 is 22.5 Å². The van der Waals surface area contributed by atoms with Crippen LogP contribution in [0.2, 0.25) is 0 Å². The highest BCUT2D eigenvalue weighted by molar-refractivity contribution is 7.89. The van der Waals surface area contributed by atoms with Gasteiger partial charge in [-0.15, -0.1) is 0 Å². The third-order valence-electron chi connectivity index (χ3n) is 4.70. The summed E-state index contributed by atoms with van der Waals surface area (Å²) in [7, 11) is -3.83. The van der Waals surface area contributed by atoms with E-state index < -0.39 is 20.6 Å². The molecule has 0 aliphatic carbocycles. The molecule has 1 heterocycles. The highest BCUT2D eigenvalue weighted by atomic mass is 32.2. The lowest BCUT2D eigenvalue weighted by Gasteiger charge is -2.18. The molecule has 0 aliphatic heterocycles. The molecule has 9 nitrogen and oxygen atoms in total. The van der Waals surface area contributed by atoms with Crippen LogP contribution in [0.4, 0.5) is 5.69 Å². The second-order valence-corrected chi connectivity index (χ2v) is 8.71. The second kappa shape index (κ2) is 9.27. The quantitative estimate of drug-likeness (QED) is 0.358. The molecular weight excluding hydrogens is 422 g/mol. The van der Waals surface area contributed by atoms with Crippen LogP contribution in [0, 0.1) is 17.0 Å². The average Bonchev–Trinajstić information content (AvgIpc) is 3.22. The first-order valence-electron chi connectivity index (χ1n) is 9.69. The van der Waals surface area contributed by atoms with Crippen molar-refractivity contribution in [2.24, 2.45) is 0 Å². The van der Waals surface area contributed by atoms with Gasteiger partial charge in [-0.2, -0.15) is 4.31 Å². The molecule has 0 fully saturated rings. The number of hydrogen-bond acceptors (Lipinski definition) is 7. The molecule has 1 aromatic heterocycles. The molecule has 3 aromatic rings. The minimum atomic E-state index is -3.83. The Morgan fingerprint density at radius 2 is 1.81 bits per heavy atom. The predicted octanol–water partition coefficient (Wildman–Crippen LogP) is 4.17. The van der Waals surface area contributed by atoms with Crippen LogP contribution >= 0.6 is 0 Å². The number of hydrogen-bond donors (Lipinski definition) is 0. The Kier molecular flexibility index (Phi) is 6.71. The van der Waals surface area contributed by atoms with Gasteiger partial charge >= 0.3 is 5.69 Å². The first-order valence-corrected chi connectivity index (χ1v) is 11.1. The lowest BCUT2D eigenvalue weighted by molar-refractivity contribution is -0.386. The lowest BCUT2D eigenvalue weighted by Crippen LogP contribution is -2.30. The Bertz CT molecular complexity index is 1170. The number of nitro benzene ring substituents is 1. The number of nitro groups is 1. The molecule has 0 spiro atoms. The molecule has 0 aliphatic rings. The highest BCUT2D eigenvalue weighted by Gasteiger charge is 2.26. The Labute approximate surface area is 180 Å². The largest absolute Gasteiger partial charge is 0.480 e. The van der Waals surface area contributed by atoms with Crippen molar-refractivity contribution in [3.63, 3.8) is 0 Å². The van der Waals surface area contributed by atoms with Gasteiger partial charge in [0, 0.05) is 24.7 Å². The lowest BCUT2D eigenvalue weighted by atomic mass is 10.1. The summed E-state index contributed by atoms with van der Waals surface area (Å²) in [6, 6.07) is 11.2. The molecule has 0 atom stereocenters. The third-order valence-corrected chi connectivity index (χ3v) is 6.74. The Morgan fingerprint density at radius 3 is 2.42 bits per heavy atom. The molecule has 0 amide bonds. The van der Waals surface area contributed by atoms with Crippen LogP contribution in [0.3, 0.4) is 0 Å². The van der Waals surface area contributed by atoms with E-state index in [1.807, 2.05) is 31.2 Å². The van der Waals surface area contributed by atoms with Gasteiger partial charge in [0.1, 0.15) is 18.6 Å². The van der Waals surface area contributed by atoms with Crippen LogP contribution in [-0.2, 0) is 16.6 Å². The predicted molar refractivity (Wildman–Crippen MR) is 114 cm³/mol. The standard InChI is InChI=1S/C21H23N3O6S/c1-4-23(5-2)31(27,28)18-10-11-20(19(12-18)24(25)26)29-13-17-14-30-21(22-17)16-8-6-15(3)7-9-16/h6-12,14H,4-5,13H2,1-3H3. The molecule has 10 heteroatoms. The SMILES string of the molecule is CCN(CC)S(=O)(=O)c1ccc(OCc2coc(-c3ccc(C)cc3)n2)c([N+](=O)[O-])c1. The summed E-state index contributed by atoms with van der Waals surface area (Å²) in [6.07, 6.45) is 1.42. The first kappa shape index (κ1) is 22.4. The number of aryl methyl sites for hydroxylation is 1. The fourth-order valence-corrected chi connectivity index (χ4v) is 4.47. The molecule has 0 radical (unpaired) electrons. The summed E-state index contributed by atoms with van der Waals surface area (Å²) < 4.78 is 37.6. The summed E-state index contributed by atoms with van der Waals surface area (Å²) in [4.78, 5) is 15.0. The summed E-state index contributed by atoms with van der Waals surface area (Å²) >= 11 is 0. The minimum Gasteiger partial charge on any atom is -0.480 e. The number of aromatic nitrogens is 1. The minimum absolute atomic E-state index is 0.0524. The van der Waals surface area contributed by atoms with Crippen molar-refractivity contribution in [1.29, 1.82) is 0 Å². The summed E-state index contributed by atoms with van der Waals surface area (Å²) in [6.45, 7) is 5.84. The van der Waals surface area contributed by atoms with E-state index in [0.29, 0.717) is 11.6 Å². The van der Waals surface area contributed by atoms with Gasteiger partial charge in [-0.05, 0) is 31.2 Å². The van der Waals surface area contributed by atoms with E-state index in [-0.39, 0.29) is 30.3 Å². The maximum atomic E-state index is 12.7. The van der Waals surface area contributed by atoms with Crippen molar-refractivity contribution >= 4 is 15.7 Å². The number of sulfonamides is 1. The van der Waals surface area contributed by atoms with E-state index in [9.17, 15) is 18.5 Å². The number of rotatable bonds is 9. The maximum absolute atomic E-state index is 12.7. The maximum Gasteiger partial charge on any atom is 0.312 e. The molecule has 0 unspecified atom stereocenters. The average molecular weight is 445 g/mol. The van der Waals surface area contributed by atoms with E-state index in [1.165, 1.54) is 22.7 Å². The van der Waals surface area contributed by atoms with Crippen molar-refractivity contribution in [1.82, 2.24) is 9.29 Å². The first-order chi connectivity index (χ1) is 14.8. The zero-order valence-electron chi connectivity index (χ0n) is 17.4. The monoisotopic (exact) mass is 445 g/mol. The van der Waals surface area contributed by atoms with Crippen molar-refractivity contribution in [2.45, 2.75) is 32.3 Å².